The largest absolute Gasteiger partial charge is 0.383 e. The van der Waals surface area contributed by atoms with Crippen LogP contribution in [-0.2, 0) is 9.53 Å². The number of benzene rings is 1. The van der Waals surface area contributed by atoms with Crippen molar-refractivity contribution in [3.05, 3.63) is 56.9 Å². The number of aryl methyl sites for hydroxylation is 1. The lowest BCUT2D eigenvalue weighted by Gasteiger charge is -2.36. The number of allylic oxidation sites excluding steroid dienone is 1. The van der Waals surface area contributed by atoms with Crippen molar-refractivity contribution in [2.45, 2.75) is 19.9 Å². The Labute approximate surface area is 177 Å². The Morgan fingerprint density at radius 3 is 2.79 bits per heavy atom. The lowest BCUT2D eigenvalue weighted by molar-refractivity contribution is -0.113. The number of rotatable bonds is 6. The fourth-order valence-corrected chi connectivity index (χ4v) is 3.53. The molecule has 3 rings (SSSR count). The number of halogens is 2. The summed E-state index contributed by atoms with van der Waals surface area (Å²) in [6, 6.07) is 5.50. The van der Waals surface area contributed by atoms with Gasteiger partial charge in [-0.15, -0.1) is 0 Å². The zero-order valence-corrected chi connectivity index (χ0v) is 17.6. The van der Waals surface area contributed by atoms with Gasteiger partial charge in [0.15, 0.2) is 5.82 Å². The fraction of sp³-hybridized carbons (Fsp3) is 0.316. The normalized spacial score (nSPS) is 16.8. The van der Waals surface area contributed by atoms with Gasteiger partial charge in [0.1, 0.15) is 5.76 Å². The number of hydrogen-bond donors (Lipinski definition) is 2. The van der Waals surface area contributed by atoms with Crippen LogP contribution in [0.15, 0.2) is 40.1 Å². The minimum atomic E-state index is -0.791. The second-order valence-corrected chi connectivity index (χ2v) is 7.23. The minimum absolute atomic E-state index is 0.264. The first kappa shape index (κ1) is 21.2. The van der Waals surface area contributed by atoms with Crippen LogP contribution in [0.1, 0.15) is 24.3 Å². The summed E-state index contributed by atoms with van der Waals surface area (Å²) < 4.78 is 10.1. The predicted octanol–water partition coefficient (Wildman–Crippen LogP) is 3.92. The van der Waals surface area contributed by atoms with Gasteiger partial charge in [-0.3, -0.25) is 9.69 Å². The van der Waals surface area contributed by atoms with Crippen molar-refractivity contribution >= 4 is 41.0 Å². The van der Waals surface area contributed by atoms with E-state index < -0.39 is 11.9 Å². The van der Waals surface area contributed by atoms with Crippen molar-refractivity contribution in [1.82, 2.24) is 15.4 Å². The van der Waals surface area contributed by atoms with Gasteiger partial charge in [-0.25, -0.2) is 4.79 Å². The molecule has 0 bridgehead atoms. The second kappa shape index (κ2) is 8.86. The molecule has 0 spiro atoms. The predicted molar refractivity (Wildman–Crippen MR) is 109 cm³/mol. The molecule has 3 amide bonds. The molecule has 1 aromatic heterocycles. The topological polar surface area (TPSA) is 96.7 Å². The van der Waals surface area contributed by atoms with Crippen LogP contribution in [0.4, 0.5) is 10.6 Å². The van der Waals surface area contributed by atoms with Crippen LogP contribution in [-0.4, -0.2) is 42.3 Å². The van der Waals surface area contributed by atoms with Gasteiger partial charge in [0.25, 0.3) is 5.91 Å². The van der Waals surface area contributed by atoms with Gasteiger partial charge in [-0.2, -0.15) is 0 Å². The zero-order chi connectivity index (χ0) is 21.1. The Hall–Kier alpha value is -2.55. The Balaban J connectivity index is 2.05. The summed E-state index contributed by atoms with van der Waals surface area (Å²) in [7, 11) is 1.54. The van der Waals surface area contributed by atoms with Crippen LogP contribution in [0.3, 0.4) is 0 Å². The third kappa shape index (κ3) is 4.39. The summed E-state index contributed by atoms with van der Waals surface area (Å²) in [5.74, 6) is 0.377. The SMILES string of the molecule is COCCN1C(=O)NC(c2cccc(Cl)c2Cl)C(C(=O)Nc2cc(C)on2)=C1C. The number of nitrogens with zero attached hydrogens (tertiary/aromatic N) is 2. The molecule has 8 nitrogen and oxygen atoms in total. The maximum atomic E-state index is 13.2. The van der Waals surface area contributed by atoms with Crippen molar-refractivity contribution in [2.75, 3.05) is 25.6 Å². The Morgan fingerprint density at radius 1 is 1.38 bits per heavy atom. The summed E-state index contributed by atoms with van der Waals surface area (Å²) in [6.07, 6.45) is 0. The summed E-state index contributed by atoms with van der Waals surface area (Å²) >= 11 is 12.5. The molecule has 0 fully saturated rings. The van der Waals surface area contributed by atoms with E-state index in [1.165, 1.54) is 12.0 Å². The third-order valence-electron chi connectivity index (χ3n) is 4.52. The van der Waals surface area contributed by atoms with Gasteiger partial charge >= 0.3 is 6.03 Å². The highest BCUT2D eigenvalue weighted by atomic mass is 35.5. The Kier molecular flexibility index (Phi) is 6.46. The summed E-state index contributed by atoms with van der Waals surface area (Å²) in [5.41, 5.74) is 1.30. The molecule has 154 valence electrons. The maximum Gasteiger partial charge on any atom is 0.322 e. The first-order chi connectivity index (χ1) is 13.8. The molecule has 1 atom stereocenters. The highest BCUT2D eigenvalue weighted by Gasteiger charge is 2.36. The quantitative estimate of drug-likeness (QED) is 0.712. The number of anilines is 1. The molecule has 2 heterocycles. The van der Waals surface area contributed by atoms with Crippen molar-refractivity contribution < 1.29 is 18.8 Å². The molecule has 2 aromatic rings. The van der Waals surface area contributed by atoms with Gasteiger partial charge in [-0.1, -0.05) is 40.5 Å². The van der Waals surface area contributed by atoms with Crippen LogP contribution in [0.2, 0.25) is 10.0 Å². The van der Waals surface area contributed by atoms with Crippen LogP contribution in [0.5, 0.6) is 0 Å². The van der Waals surface area contributed by atoms with E-state index in [9.17, 15) is 9.59 Å². The minimum Gasteiger partial charge on any atom is -0.383 e. The maximum absolute atomic E-state index is 13.2. The van der Waals surface area contributed by atoms with Crippen molar-refractivity contribution in [3.63, 3.8) is 0 Å². The summed E-state index contributed by atoms with van der Waals surface area (Å²) in [4.78, 5) is 27.3. The van der Waals surface area contributed by atoms with Crippen molar-refractivity contribution in [3.8, 4) is 0 Å². The van der Waals surface area contributed by atoms with Crippen LogP contribution in [0.25, 0.3) is 0 Å². The van der Waals surface area contributed by atoms with Gasteiger partial charge in [0, 0.05) is 18.9 Å². The molecule has 2 N–H and O–H groups in total. The molecule has 1 aliphatic rings. The van der Waals surface area contributed by atoms with E-state index in [1.807, 2.05) is 0 Å². The van der Waals surface area contributed by atoms with E-state index in [4.69, 9.17) is 32.5 Å². The van der Waals surface area contributed by atoms with E-state index in [0.717, 1.165) is 0 Å². The number of ether oxygens (including phenoxy) is 1. The van der Waals surface area contributed by atoms with Gasteiger partial charge < -0.3 is 19.9 Å². The first-order valence-corrected chi connectivity index (χ1v) is 9.55. The van der Waals surface area contributed by atoms with Crippen molar-refractivity contribution in [2.24, 2.45) is 0 Å². The smallest absolute Gasteiger partial charge is 0.322 e. The molecule has 29 heavy (non-hydrogen) atoms. The molecule has 1 aliphatic heterocycles. The molecule has 0 saturated heterocycles. The fourth-order valence-electron chi connectivity index (χ4n) is 3.11. The standard InChI is InChI=1S/C19H20Cl2N4O4/c1-10-9-14(24-29-10)22-18(26)15-11(2)25(7-8-28-3)19(27)23-17(15)12-5-4-6-13(20)16(12)21/h4-6,9,17H,7-8H2,1-3H3,(H,23,27)(H,22,24,26). The number of carbonyl (C=O) groups is 2. The number of aromatic nitrogens is 1. The number of urea groups is 1. The lowest BCUT2D eigenvalue weighted by Crippen LogP contribution is -2.49. The molecular weight excluding hydrogens is 419 g/mol. The second-order valence-electron chi connectivity index (χ2n) is 6.45. The number of nitrogens with one attached hydrogen (secondary N) is 2. The summed E-state index contributed by atoms with van der Waals surface area (Å²) in [6.45, 7) is 4.01. The highest BCUT2D eigenvalue weighted by molar-refractivity contribution is 6.42. The lowest BCUT2D eigenvalue weighted by atomic mass is 9.94. The molecular formula is C19H20Cl2N4O4. The Bertz CT molecular complexity index is 973. The van der Waals surface area contributed by atoms with E-state index in [-0.39, 0.29) is 23.4 Å². The number of amides is 3. The average molecular weight is 439 g/mol. The molecule has 10 heteroatoms. The zero-order valence-electron chi connectivity index (χ0n) is 16.1. The molecule has 0 aliphatic carbocycles. The van der Waals surface area contributed by atoms with Gasteiger partial charge in [0.2, 0.25) is 0 Å². The monoisotopic (exact) mass is 438 g/mol. The average Bonchev–Trinajstić information content (AvgIpc) is 3.08. The molecule has 1 aromatic carbocycles. The molecule has 0 saturated carbocycles. The Morgan fingerprint density at radius 2 is 2.14 bits per heavy atom. The molecule has 0 radical (unpaired) electrons. The number of hydrogen-bond acceptors (Lipinski definition) is 5. The van der Waals surface area contributed by atoms with E-state index in [0.29, 0.717) is 34.2 Å². The summed E-state index contributed by atoms with van der Waals surface area (Å²) in [5, 5.41) is 9.92. The van der Waals surface area contributed by atoms with E-state index in [2.05, 4.69) is 15.8 Å². The highest BCUT2D eigenvalue weighted by Crippen LogP contribution is 2.37. The van der Waals surface area contributed by atoms with Crippen LogP contribution >= 0.6 is 23.2 Å². The van der Waals surface area contributed by atoms with Crippen molar-refractivity contribution in [1.29, 1.82) is 0 Å². The van der Waals surface area contributed by atoms with Crippen LogP contribution < -0.4 is 10.6 Å². The van der Waals surface area contributed by atoms with E-state index >= 15 is 0 Å². The van der Waals surface area contributed by atoms with Gasteiger partial charge in [-0.05, 0) is 25.5 Å². The third-order valence-corrected chi connectivity index (χ3v) is 5.36. The van der Waals surface area contributed by atoms with Crippen LogP contribution in [0, 0.1) is 6.92 Å². The van der Waals surface area contributed by atoms with Gasteiger partial charge in [0.05, 0.1) is 34.8 Å². The molecule has 1 unspecified atom stereocenters. The van der Waals surface area contributed by atoms with E-state index in [1.54, 1.807) is 38.1 Å². The number of methoxy groups -OCH3 is 1. The number of carbonyl (C=O) groups excluding carboxylic acids is 2. The first-order valence-electron chi connectivity index (χ1n) is 8.79.